The molecule has 0 aliphatic carbocycles. The number of hydrogen-bond donors (Lipinski definition) is 1. The number of amides is 1. The Kier molecular flexibility index (Phi) is 5.44. The first-order valence-corrected chi connectivity index (χ1v) is 10.4. The molecule has 2 rings (SSSR count). The third-order valence-corrected chi connectivity index (χ3v) is 6.59. The van der Waals surface area contributed by atoms with Crippen LogP contribution in [-0.2, 0) is 30.8 Å². The van der Waals surface area contributed by atoms with Crippen molar-refractivity contribution in [2.75, 3.05) is 31.1 Å². The zero-order valence-electron chi connectivity index (χ0n) is 12.8. The molecular weight excluding hydrogens is 385 g/mol. The van der Waals surface area contributed by atoms with E-state index in [1.807, 2.05) is 4.72 Å². The van der Waals surface area contributed by atoms with Crippen molar-refractivity contribution in [3.63, 3.8) is 0 Å². The highest BCUT2D eigenvalue weighted by molar-refractivity contribution is 7.91. The fourth-order valence-electron chi connectivity index (χ4n) is 2.15. The third kappa shape index (κ3) is 5.16. The van der Waals surface area contributed by atoms with Crippen molar-refractivity contribution in [3.8, 4) is 0 Å². The van der Waals surface area contributed by atoms with Gasteiger partial charge in [0.1, 0.15) is 0 Å². The smallest absolute Gasteiger partial charge is 0.340 e. The maximum absolute atomic E-state index is 12.7. The molecule has 12 heteroatoms. The average molecular weight is 400 g/mol. The molecule has 1 fully saturated rings. The summed E-state index contributed by atoms with van der Waals surface area (Å²) in [5.41, 5.74) is -1.12. The summed E-state index contributed by atoms with van der Waals surface area (Å²) in [6, 6.07) is 3.14. The molecule has 25 heavy (non-hydrogen) atoms. The number of nitrogens with zero attached hydrogens (tertiary/aromatic N) is 1. The van der Waals surface area contributed by atoms with E-state index < -0.39 is 48.9 Å². The minimum atomic E-state index is -4.69. The van der Waals surface area contributed by atoms with Gasteiger partial charge >= 0.3 is 6.18 Å². The number of nitrogens with one attached hydrogen (secondary N) is 1. The summed E-state index contributed by atoms with van der Waals surface area (Å²) < 4.78 is 86.6. The van der Waals surface area contributed by atoms with Crippen LogP contribution in [0, 0.1) is 0 Å². The molecular formula is C13H15F3N2O5S2. The average Bonchev–Trinajstić information content (AvgIpc) is 2.52. The highest BCUT2D eigenvalue weighted by Gasteiger charge is 2.32. The second kappa shape index (κ2) is 6.92. The Balaban J connectivity index is 2.03. The molecule has 1 aromatic rings. The van der Waals surface area contributed by atoms with E-state index >= 15 is 0 Å². The van der Waals surface area contributed by atoms with Gasteiger partial charge < -0.3 is 4.90 Å². The van der Waals surface area contributed by atoms with Gasteiger partial charge in [-0.3, -0.25) is 4.79 Å². The first-order valence-electron chi connectivity index (χ1n) is 7.06. The number of halogens is 3. The van der Waals surface area contributed by atoms with Crippen molar-refractivity contribution in [2.24, 2.45) is 0 Å². The molecule has 140 valence electrons. The Morgan fingerprint density at radius 2 is 1.80 bits per heavy atom. The van der Waals surface area contributed by atoms with Gasteiger partial charge in [0.2, 0.25) is 15.9 Å². The van der Waals surface area contributed by atoms with Crippen LogP contribution in [0.5, 0.6) is 0 Å². The SMILES string of the molecule is O=C(CNS(=O)(=O)c1cccc(C(F)(F)F)c1)N1CCS(=O)(=O)CC1. The minimum absolute atomic E-state index is 0.0492. The molecule has 0 saturated carbocycles. The molecule has 1 N–H and O–H groups in total. The topological polar surface area (TPSA) is 101 Å². The molecule has 0 atom stereocenters. The molecule has 1 saturated heterocycles. The van der Waals surface area contributed by atoms with Crippen LogP contribution in [0.2, 0.25) is 0 Å². The van der Waals surface area contributed by atoms with Gasteiger partial charge in [-0.25, -0.2) is 21.6 Å². The Morgan fingerprint density at radius 1 is 1.20 bits per heavy atom. The lowest BCUT2D eigenvalue weighted by Gasteiger charge is -2.26. The fourth-order valence-corrected chi connectivity index (χ4v) is 4.37. The van der Waals surface area contributed by atoms with E-state index in [9.17, 15) is 34.8 Å². The van der Waals surface area contributed by atoms with Crippen molar-refractivity contribution >= 4 is 25.8 Å². The van der Waals surface area contributed by atoms with Crippen LogP contribution in [0.3, 0.4) is 0 Å². The standard InChI is InChI=1S/C13H15F3N2O5S2/c14-13(15,16)10-2-1-3-11(8-10)25(22,23)17-9-12(19)18-4-6-24(20,21)7-5-18/h1-3,8,17H,4-7,9H2. The second-order valence-corrected chi connectivity index (χ2v) is 9.45. The van der Waals surface area contributed by atoms with E-state index in [4.69, 9.17) is 0 Å². The van der Waals surface area contributed by atoms with Crippen LogP contribution in [0.25, 0.3) is 0 Å². The largest absolute Gasteiger partial charge is 0.416 e. The molecule has 0 radical (unpaired) electrons. The summed E-state index contributed by atoms with van der Waals surface area (Å²) in [4.78, 5) is 12.5. The number of hydrogen-bond acceptors (Lipinski definition) is 5. The van der Waals surface area contributed by atoms with Crippen LogP contribution in [0.1, 0.15) is 5.56 Å². The van der Waals surface area contributed by atoms with Gasteiger partial charge in [0, 0.05) is 13.1 Å². The summed E-state index contributed by atoms with van der Waals surface area (Å²) in [7, 11) is -7.51. The number of rotatable bonds is 4. The number of carbonyl (C=O) groups is 1. The number of carbonyl (C=O) groups excluding carboxylic acids is 1. The lowest BCUT2D eigenvalue weighted by Crippen LogP contribution is -2.47. The summed E-state index contributed by atoms with van der Waals surface area (Å²) in [5, 5.41) is 0. The van der Waals surface area contributed by atoms with Crippen molar-refractivity contribution in [3.05, 3.63) is 29.8 Å². The van der Waals surface area contributed by atoms with E-state index in [2.05, 4.69) is 0 Å². The van der Waals surface area contributed by atoms with Crippen LogP contribution in [0.15, 0.2) is 29.2 Å². The predicted molar refractivity (Wildman–Crippen MR) is 81.9 cm³/mol. The van der Waals surface area contributed by atoms with Crippen LogP contribution in [-0.4, -0.2) is 58.8 Å². The van der Waals surface area contributed by atoms with Gasteiger partial charge in [-0.05, 0) is 18.2 Å². The summed E-state index contributed by atoms with van der Waals surface area (Å²) in [6.07, 6.45) is -4.69. The van der Waals surface area contributed by atoms with Gasteiger partial charge in [0.05, 0.1) is 28.5 Å². The first-order chi connectivity index (χ1) is 11.4. The van der Waals surface area contributed by atoms with Crippen LogP contribution < -0.4 is 4.72 Å². The Morgan fingerprint density at radius 3 is 2.36 bits per heavy atom. The van der Waals surface area contributed by atoms with Crippen LogP contribution in [0.4, 0.5) is 13.2 Å². The van der Waals surface area contributed by atoms with E-state index in [0.717, 1.165) is 18.2 Å². The van der Waals surface area contributed by atoms with E-state index in [-0.39, 0.29) is 24.6 Å². The maximum atomic E-state index is 12.7. The highest BCUT2D eigenvalue weighted by Crippen LogP contribution is 2.30. The van der Waals surface area contributed by atoms with Crippen LogP contribution >= 0.6 is 0 Å². The summed E-state index contributed by atoms with van der Waals surface area (Å²) in [6.45, 7) is -0.766. The highest BCUT2D eigenvalue weighted by atomic mass is 32.2. The molecule has 0 aromatic heterocycles. The number of sulfone groups is 1. The zero-order chi connectivity index (χ0) is 18.9. The maximum Gasteiger partial charge on any atom is 0.416 e. The van der Waals surface area contributed by atoms with Crippen molar-refractivity contribution in [2.45, 2.75) is 11.1 Å². The van der Waals surface area contributed by atoms with Gasteiger partial charge in [0.25, 0.3) is 0 Å². The first kappa shape index (κ1) is 19.7. The monoisotopic (exact) mass is 400 g/mol. The lowest BCUT2D eigenvalue weighted by molar-refractivity contribution is -0.137. The summed E-state index contributed by atoms with van der Waals surface area (Å²) in [5.74, 6) is -1.07. The normalized spacial score (nSPS) is 18.1. The molecule has 0 bridgehead atoms. The van der Waals surface area contributed by atoms with Crippen molar-refractivity contribution < 1.29 is 34.8 Å². The quantitative estimate of drug-likeness (QED) is 0.781. The van der Waals surface area contributed by atoms with Gasteiger partial charge in [-0.1, -0.05) is 6.07 Å². The van der Waals surface area contributed by atoms with Gasteiger partial charge in [-0.15, -0.1) is 0 Å². The molecule has 1 heterocycles. The number of alkyl halides is 3. The zero-order valence-corrected chi connectivity index (χ0v) is 14.4. The van der Waals surface area contributed by atoms with Gasteiger partial charge in [0.15, 0.2) is 9.84 Å². The number of sulfonamides is 1. The Hall–Kier alpha value is -1.66. The fraction of sp³-hybridized carbons (Fsp3) is 0.462. The minimum Gasteiger partial charge on any atom is -0.340 e. The Labute approximate surface area is 142 Å². The molecule has 1 aliphatic heterocycles. The second-order valence-electron chi connectivity index (χ2n) is 5.38. The molecule has 7 nitrogen and oxygen atoms in total. The lowest BCUT2D eigenvalue weighted by atomic mass is 10.2. The molecule has 1 aromatic carbocycles. The van der Waals surface area contributed by atoms with E-state index in [1.165, 1.54) is 4.90 Å². The van der Waals surface area contributed by atoms with Crippen molar-refractivity contribution in [1.82, 2.24) is 9.62 Å². The van der Waals surface area contributed by atoms with Crippen molar-refractivity contribution in [1.29, 1.82) is 0 Å². The Bertz CT molecular complexity index is 852. The predicted octanol–water partition coefficient (Wildman–Crippen LogP) is 0.241. The van der Waals surface area contributed by atoms with Gasteiger partial charge in [-0.2, -0.15) is 13.2 Å². The third-order valence-electron chi connectivity index (χ3n) is 3.58. The van der Waals surface area contributed by atoms with E-state index in [0.29, 0.717) is 6.07 Å². The molecule has 1 aliphatic rings. The molecule has 1 amide bonds. The molecule has 0 unspecified atom stereocenters. The molecule has 0 spiro atoms. The summed E-state index contributed by atoms with van der Waals surface area (Å²) >= 11 is 0. The number of benzene rings is 1. The van der Waals surface area contributed by atoms with E-state index in [1.54, 1.807) is 0 Å².